The zero-order valence-electron chi connectivity index (χ0n) is 14.6. The standard InChI is InChI=1S/C20H23N5/c1-21-20(24(2)16-18-7-4-3-5-8-18)22-15-17-9-11-19(12-10-17)25-14-6-13-23-25/h3-14H,15-16H2,1-2H3,(H,21,22). The Kier molecular flexibility index (Phi) is 5.46. The second-order valence-corrected chi connectivity index (χ2v) is 5.86. The van der Waals surface area contributed by atoms with E-state index in [-0.39, 0.29) is 0 Å². The molecule has 0 saturated heterocycles. The van der Waals surface area contributed by atoms with Crippen LogP contribution in [0.4, 0.5) is 0 Å². The molecule has 0 amide bonds. The quantitative estimate of drug-likeness (QED) is 0.576. The van der Waals surface area contributed by atoms with E-state index in [0.29, 0.717) is 0 Å². The van der Waals surface area contributed by atoms with Gasteiger partial charge in [-0.2, -0.15) is 5.10 Å². The first-order chi connectivity index (χ1) is 12.3. The third kappa shape index (κ3) is 4.47. The van der Waals surface area contributed by atoms with Gasteiger partial charge in [0.15, 0.2) is 5.96 Å². The van der Waals surface area contributed by atoms with Crippen molar-refractivity contribution in [1.82, 2.24) is 20.0 Å². The monoisotopic (exact) mass is 333 g/mol. The van der Waals surface area contributed by atoms with Crippen molar-refractivity contribution in [3.63, 3.8) is 0 Å². The van der Waals surface area contributed by atoms with Crippen molar-refractivity contribution >= 4 is 5.96 Å². The Bertz CT molecular complexity index is 792. The van der Waals surface area contributed by atoms with E-state index >= 15 is 0 Å². The van der Waals surface area contributed by atoms with Gasteiger partial charge < -0.3 is 10.2 Å². The van der Waals surface area contributed by atoms with Crippen LogP contribution < -0.4 is 5.32 Å². The van der Waals surface area contributed by atoms with Crippen molar-refractivity contribution in [2.45, 2.75) is 13.1 Å². The van der Waals surface area contributed by atoms with Crippen LogP contribution in [0, 0.1) is 0 Å². The predicted molar refractivity (Wildman–Crippen MR) is 102 cm³/mol. The Labute approximate surface area is 148 Å². The average molecular weight is 333 g/mol. The zero-order chi connectivity index (χ0) is 17.5. The van der Waals surface area contributed by atoms with Gasteiger partial charge in [0.05, 0.1) is 5.69 Å². The lowest BCUT2D eigenvalue weighted by Crippen LogP contribution is -2.38. The van der Waals surface area contributed by atoms with Crippen molar-refractivity contribution in [1.29, 1.82) is 0 Å². The number of aliphatic imine (C=N–C) groups is 1. The topological polar surface area (TPSA) is 45.5 Å². The lowest BCUT2D eigenvalue weighted by molar-refractivity contribution is 0.476. The van der Waals surface area contributed by atoms with E-state index in [0.717, 1.165) is 24.7 Å². The first kappa shape index (κ1) is 16.8. The van der Waals surface area contributed by atoms with Crippen LogP contribution in [-0.4, -0.2) is 34.7 Å². The van der Waals surface area contributed by atoms with Crippen molar-refractivity contribution in [2.24, 2.45) is 4.99 Å². The summed E-state index contributed by atoms with van der Waals surface area (Å²) in [4.78, 5) is 6.49. The molecule has 0 aliphatic carbocycles. The molecule has 128 valence electrons. The van der Waals surface area contributed by atoms with Crippen LogP contribution in [0.2, 0.25) is 0 Å². The highest BCUT2D eigenvalue weighted by Crippen LogP contribution is 2.09. The van der Waals surface area contributed by atoms with Crippen LogP contribution in [0.1, 0.15) is 11.1 Å². The number of guanidine groups is 1. The van der Waals surface area contributed by atoms with Gasteiger partial charge in [-0.15, -0.1) is 0 Å². The summed E-state index contributed by atoms with van der Waals surface area (Å²) in [5.74, 6) is 0.875. The normalized spacial score (nSPS) is 11.4. The van der Waals surface area contributed by atoms with Gasteiger partial charge in [0.1, 0.15) is 0 Å². The molecule has 0 unspecified atom stereocenters. The molecule has 0 spiro atoms. The van der Waals surface area contributed by atoms with Gasteiger partial charge in [0.25, 0.3) is 0 Å². The van der Waals surface area contributed by atoms with Gasteiger partial charge in [0.2, 0.25) is 0 Å². The third-order valence-electron chi connectivity index (χ3n) is 3.99. The van der Waals surface area contributed by atoms with E-state index in [9.17, 15) is 0 Å². The largest absolute Gasteiger partial charge is 0.352 e. The minimum absolute atomic E-state index is 0.727. The number of nitrogens with zero attached hydrogens (tertiary/aromatic N) is 4. The number of rotatable bonds is 5. The van der Waals surface area contributed by atoms with Crippen molar-refractivity contribution in [3.8, 4) is 5.69 Å². The third-order valence-corrected chi connectivity index (χ3v) is 3.99. The maximum atomic E-state index is 4.37. The molecule has 0 aliphatic heterocycles. The van der Waals surface area contributed by atoms with E-state index in [1.165, 1.54) is 11.1 Å². The van der Waals surface area contributed by atoms with E-state index in [1.807, 2.05) is 37.1 Å². The summed E-state index contributed by atoms with van der Waals surface area (Å²) < 4.78 is 1.85. The molecule has 1 N–H and O–H groups in total. The lowest BCUT2D eigenvalue weighted by atomic mass is 10.2. The van der Waals surface area contributed by atoms with Crippen molar-refractivity contribution in [3.05, 3.63) is 84.2 Å². The molecule has 3 aromatic rings. The van der Waals surface area contributed by atoms with Gasteiger partial charge >= 0.3 is 0 Å². The van der Waals surface area contributed by atoms with E-state index in [1.54, 1.807) is 6.20 Å². The van der Waals surface area contributed by atoms with Gasteiger partial charge in [-0.25, -0.2) is 4.68 Å². The Hall–Kier alpha value is -3.08. The van der Waals surface area contributed by atoms with E-state index in [4.69, 9.17) is 0 Å². The predicted octanol–water partition coefficient (Wildman–Crippen LogP) is 3.08. The fourth-order valence-corrected chi connectivity index (χ4v) is 2.69. The summed E-state index contributed by atoms with van der Waals surface area (Å²) in [6.45, 7) is 1.55. The average Bonchev–Trinajstić information content (AvgIpc) is 3.18. The number of aromatic nitrogens is 2. The molecule has 5 heteroatoms. The van der Waals surface area contributed by atoms with Gasteiger partial charge in [-0.1, -0.05) is 42.5 Å². The molecular formula is C20H23N5. The molecule has 0 saturated carbocycles. The maximum Gasteiger partial charge on any atom is 0.193 e. The van der Waals surface area contributed by atoms with E-state index in [2.05, 4.69) is 68.8 Å². The summed E-state index contributed by atoms with van der Waals surface area (Å²) in [6.07, 6.45) is 3.72. The Morgan fingerprint density at radius 1 is 1.04 bits per heavy atom. The van der Waals surface area contributed by atoms with Gasteiger partial charge in [0, 0.05) is 39.6 Å². The highest BCUT2D eigenvalue weighted by Gasteiger charge is 2.06. The second kappa shape index (κ2) is 8.15. The smallest absolute Gasteiger partial charge is 0.193 e. The zero-order valence-corrected chi connectivity index (χ0v) is 14.6. The lowest BCUT2D eigenvalue weighted by Gasteiger charge is -2.22. The highest BCUT2D eigenvalue weighted by atomic mass is 15.3. The summed E-state index contributed by atoms with van der Waals surface area (Å²) in [5.41, 5.74) is 3.51. The molecule has 25 heavy (non-hydrogen) atoms. The number of hydrogen-bond donors (Lipinski definition) is 1. The van der Waals surface area contributed by atoms with Crippen LogP contribution in [0.5, 0.6) is 0 Å². The molecule has 5 nitrogen and oxygen atoms in total. The summed E-state index contributed by atoms with van der Waals surface area (Å²) in [7, 11) is 3.85. The van der Waals surface area contributed by atoms with Gasteiger partial charge in [-0.05, 0) is 29.3 Å². The molecule has 2 aromatic carbocycles. The first-order valence-corrected chi connectivity index (χ1v) is 8.31. The SMILES string of the molecule is CN=C(NCc1ccc(-n2cccn2)cc1)N(C)Cc1ccccc1. The molecule has 0 fully saturated rings. The minimum Gasteiger partial charge on any atom is -0.352 e. The fourth-order valence-electron chi connectivity index (χ4n) is 2.69. The number of hydrogen-bond acceptors (Lipinski definition) is 2. The summed E-state index contributed by atoms with van der Waals surface area (Å²) in [6, 6.07) is 20.7. The van der Waals surface area contributed by atoms with Gasteiger partial charge in [-0.3, -0.25) is 4.99 Å². The molecule has 0 radical (unpaired) electrons. The molecule has 0 bridgehead atoms. The molecular weight excluding hydrogens is 310 g/mol. The van der Waals surface area contributed by atoms with Crippen LogP contribution >= 0.6 is 0 Å². The first-order valence-electron chi connectivity index (χ1n) is 8.31. The maximum absolute atomic E-state index is 4.37. The molecule has 0 aliphatic rings. The van der Waals surface area contributed by atoms with Crippen LogP contribution in [0.3, 0.4) is 0 Å². The van der Waals surface area contributed by atoms with Crippen molar-refractivity contribution in [2.75, 3.05) is 14.1 Å². The second-order valence-electron chi connectivity index (χ2n) is 5.86. The van der Waals surface area contributed by atoms with Crippen LogP contribution in [0.15, 0.2) is 78.0 Å². The Balaban J connectivity index is 1.57. The number of benzene rings is 2. The summed E-state index contributed by atoms with van der Waals surface area (Å²) >= 11 is 0. The summed E-state index contributed by atoms with van der Waals surface area (Å²) in [5, 5.41) is 7.66. The van der Waals surface area contributed by atoms with Crippen molar-refractivity contribution < 1.29 is 0 Å². The molecule has 1 heterocycles. The highest BCUT2D eigenvalue weighted by molar-refractivity contribution is 5.79. The van der Waals surface area contributed by atoms with E-state index < -0.39 is 0 Å². The molecule has 0 atom stereocenters. The van der Waals surface area contributed by atoms with Crippen LogP contribution in [0.25, 0.3) is 5.69 Å². The minimum atomic E-state index is 0.727. The Morgan fingerprint density at radius 3 is 2.44 bits per heavy atom. The number of nitrogens with one attached hydrogen (secondary N) is 1. The fraction of sp³-hybridized carbons (Fsp3) is 0.200. The molecule has 1 aromatic heterocycles. The molecule has 3 rings (SSSR count). The van der Waals surface area contributed by atoms with Crippen LogP contribution in [-0.2, 0) is 13.1 Å². The Morgan fingerprint density at radius 2 is 1.80 bits per heavy atom.